The fourth-order valence-electron chi connectivity index (χ4n) is 1.90. The molecule has 0 radical (unpaired) electrons. The normalized spacial score (nSPS) is 21.2. The van der Waals surface area contributed by atoms with E-state index in [4.69, 9.17) is 5.11 Å². The molecule has 1 aliphatic heterocycles. The van der Waals surface area contributed by atoms with E-state index in [0.29, 0.717) is 19.5 Å². The summed E-state index contributed by atoms with van der Waals surface area (Å²) < 4.78 is 0. The van der Waals surface area contributed by atoms with Crippen molar-refractivity contribution in [2.75, 3.05) is 13.1 Å². The molecule has 1 fully saturated rings. The Morgan fingerprint density at radius 1 is 1.39 bits per heavy atom. The molecule has 2 amide bonds. The van der Waals surface area contributed by atoms with Crippen LogP contribution in [-0.2, 0) is 14.4 Å². The number of carboxylic acid groups (broad SMARTS) is 1. The van der Waals surface area contributed by atoms with Crippen molar-refractivity contribution in [3.8, 4) is 0 Å². The van der Waals surface area contributed by atoms with Crippen molar-refractivity contribution in [1.29, 1.82) is 0 Å². The molecule has 1 aliphatic rings. The average molecular weight is 254 g/mol. The first kappa shape index (κ1) is 14.2. The summed E-state index contributed by atoms with van der Waals surface area (Å²) in [4.78, 5) is 36.1. The van der Waals surface area contributed by atoms with E-state index in [0.717, 1.165) is 0 Å². The number of hydrogen-bond donors (Lipinski definition) is 2. The lowest BCUT2D eigenvalue weighted by Crippen LogP contribution is -2.57. The van der Waals surface area contributed by atoms with E-state index in [9.17, 15) is 14.4 Å². The van der Waals surface area contributed by atoms with E-state index >= 15 is 0 Å². The van der Waals surface area contributed by atoms with Gasteiger partial charge in [0.05, 0.1) is 0 Å². The van der Waals surface area contributed by atoms with Crippen LogP contribution in [0.1, 0.15) is 27.2 Å². The SMILES string of the molecule is CCC1C(=O)NCCN1C(=O)C(C)=C(C)C(=O)O. The minimum atomic E-state index is -1.12. The summed E-state index contributed by atoms with van der Waals surface area (Å²) >= 11 is 0. The number of rotatable bonds is 3. The van der Waals surface area contributed by atoms with Crippen molar-refractivity contribution >= 4 is 17.8 Å². The molecule has 0 aliphatic carbocycles. The highest BCUT2D eigenvalue weighted by Gasteiger charge is 2.32. The molecule has 0 saturated carbocycles. The number of piperazine rings is 1. The van der Waals surface area contributed by atoms with Gasteiger partial charge in [0.2, 0.25) is 5.91 Å². The standard InChI is InChI=1S/C12H18N2O4/c1-4-9-10(15)13-5-6-14(9)11(16)7(2)8(3)12(17)18/h9H,4-6H2,1-3H3,(H,13,15)(H,17,18). The van der Waals surface area contributed by atoms with Crippen molar-refractivity contribution in [3.05, 3.63) is 11.1 Å². The molecule has 1 unspecified atom stereocenters. The van der Waals surface area contributed by atoms with Crippen molar-refractivity contribution in [2.24, 2.45) is 0 Å². The van der Waals surface area contributed by atoms with Gasteiger partial charge in [-0.3, -0.25) is 9.59 Å². The van der Waals surface area contributed by atoms with E-state index in [1.165, 1.54) is 18.7 Å². The molecule has 6 nitrogen and oxygen atoms in total. The molecule has 1 heterocycles. The van der Waals surface area contributed by atoms with E-state index in [1.807, 2.05) is 6.92 Å². The van der Waals surface area contributed by atoms with Gasteiger partial charge in [-0.15, -0.1) is 0 Å². The first-order valence-electron chi connectivity index (χ1n) is 5.89. The molecule has 0 aromatic rings. The van der Waals surface area contributed by atoms with Gasteiger partial charge in [0.25, 0.3) is 5.91 Å². The second-order valence-electron chi connectivity index (χ2n) is 4.27. The van der Waals surface area contributed by atoms with Crippen LogP contribution in [0.15, 0.2) is 11.1 Å². The van der Waals surface area contributed by atoms with Crippen LogP contribution in [0.3, 0.4) is 0 Å². The molecule has 0 aromatic carbocycles. The molecule has 6 heteroatoms. The van der Waals surface area contributed by atoms with Crippen LogP contribution >= 0.6 is 0 Å². The average Bonchev–Trinajstić information content (AvgIpc) is 2.35. The van der Waals surface area contributed by atoms with Crippen LogP contribution in [0.2, 0.25) is 0 Å². The predicted molar refractivity (Wildman–Crippen MR) is 64.8 cm³/mol. The monoisotopic (exact) mass is 254 g/mol. The van der Waals surface area contributed by atoms with E-state index in [2.05, 4.69) is 5.32 Å². The van der Waals surface area contributed by atoms with Crippen LogP contribution in [0.4, 0.5) is 0 Å². The van der Waals surface area contributed by atoms with Gasteiger partial charge in [0.1, 0.15) is 6.04 Å². The molecule has 0 spiro atoms. The van der Waals surface area contributed by atoms with Gasteiger partial charge in [-0.25, -0.2) is 4.79 Å². The molecule has 2 N–H and O–H groups in total. The van der Waals surface area contributed by atoms with Gasteiger partial charge in [-0.1, -0.05) is 6.92 Å². The van der Waals surface area contributed by atoms with Crippen LogP contribution in [0, 0.1) is 0 Å². The summed E-state index contributed by atoms with van der Waals surface area (Å²) in [6, 6.07) is -0.511. The quantitative estimate of drug-likeness (QED) is 0.702. The van der Waals surface area contributed by atoms with Gasteiger partial charge in [-0.2, -0.15) is 0 Å². The Kier molecular flexibility index (Phi) is 4.47. The Hall–Kier alpha value is -1.85. The maximum absolute atomic E-state index is 12.2. The summed E-state index contributed by atoms with van der Waals surface area (Å²) in [5.41, 5.74) is 0.191. The molecule has 100 valence electrons. The predicted octanol–water partition coefficient (Wildman–Crippen LogP) is 0.144. The number of hydrogen-bond acceptors (Lipinski definition) is 3. The van der Waals surface area contributed by atoms with Crippen molar-refractivity contribution in [3.63, 3.8) is 0 Å². The van der Waals surface area contributed by atoms with Crippen LogP contribution in [-0.4, -0.2) is 46.9 Å². The number of aliphatic carboxylic acids is 1. The Morgan fingerprint density at radius 3 is 2.50 bits per heavy atom. The molecule has 0 aromatic heterocycles. The minimum Gasteiger partial charge on any atom is -0.478 e. The lowest BCUT2D eigenvalue weighted by atomic mass is 10.1. The second-order valence-corrected chi connectivity index (χ2v) is 4.27. The molecule has 0 bridgehead atoms. The maximum atomic E-state index is 12.2. The summed E-state index contributed by atoms with van der Waals surface area (Å²) in [5.74, 6) is -1.68. The van der Waals surface area contributed by atoms with E-state index in [1.54, 1.807) is 0 Å². The lowest BCUT2D eigenvalue weighted by molar-refractivity contribution is -0.141. The molecular weight excluding hydrogens is 236 g/mol. The molecular formula is C12H18N2O4. The highest BCUT2D eigenvalue weighted by molar-refractivity contribution is 6.03. The second kappa shape index (κ2) is 5.66. The van der Waals surface area contributed by atoms with Gasteiger partial charge >= 0.3 is 5.97 Å². The molecule has 18 heavy (non-hydrogen) atoms. The zero-order valence-corrected chi connectivity index (χ0v) is 10.8. The maximum Gasteiger partial charge on any atom is 0.331 e. The van der Waals surface area contributed by atoms with Gasteiger partial charge in [0, 0.05) is 24.2 Å². The molecule has 1 saturated heterocycles. The summed E-state index contributed by atoms with van der Waals surface area (Å²) in [6.07, 6.45) is 0.511. The highest BCUT2D eigenvalue weighted by atomic mass is 16.4. The number of carbonyl (C=O) groups is 3. The highest BCUT2D eigenvalue weighted by Crippen LogP contribution is 2.15. The van der Waals surface area contributed by atoms with Crippen molar-refractivity contribution in [1.82, 2.24) is 10.2 Å². The largest absolute Gasteiger partial charge is 0.478 e. The van der Waals surface area contributed by atoms with Gasteiger partial charge < -0.3 is 15.3 Å². The Balaban J connectivity index is 2.98. The zero-order valence-electron chi connectivity index (χ0n) is 10.8. The summed E-state index contributed by atoms with van der Waals surface area (Å²) in [5, 5.41) is 11.6. The topological polar surface area (TPSA) is 86.7 Å². The summed E-state index contributed by atoms with van der Waals surface area (Å²) in [6.45, 7) is 5.50. The number of nitrogens with one attached hydrogen (secondary N) is 1. The van der Waals surface area contributed by atoms with Crippen LogP contribution in [0.25, 0.3) is 0 Å². The fraction of sp³-hybridized carbons (Fsp3) is 0.583. The van der Waals surface area contributed by atoms with Crippen LogP contribution < -0.4 is 5.32 Å². The van der Waals surface area contributed by atoms with Crippen molar-refractivity contribution in [2.45, 2.75) is 33.2 Å². The third-order valence-corrected chi connectivity index (χ3v) is 3.18. The number of carboxylic acids is 1. The Morgan fingerprint density at radius 2 is 2.00 bits per heavy atom. The number of nitrogens with zero attached hydrogens (tertiary/aromatic N) is 1. The zero-order chi connectivity index (χ0) is 13.9. The molecule has 1 atom stereocenters. The van der Waals surface area contributed by atoms with Crippen LogP contribution in [0.5, 0.6) is 0 Å². The van der Waals surface area contributed by atoms with Gasteiger partial charge in [0.15, 0.2) is 0 Å². The molecule has 1 rings (SSSR count). The van der Waals surface area contributed by atoms with Crippen molar-refractivity contribution < 1.29 is 19.5 Å². The van der Waals surface area contributed by atoms with Gasteiger partial charge in [-0.05, 0) is 20.3 Å². The first-order chi connectivity index (χ1) is 8.40. The van der Waals surface area contributed by atoms with E-state index < -0.39 is 12.0 Å². The fourth-order valence-corrected chi connectivity index (χ4v) is 1.90. The lowest BCUT2D eigenvalue weighted by Gasteiger charge is -2.34. The third-order valence-electron chi connectivity index (χ3n) is 3.18. The minimum absolute atomic E-state index is 0.0147. The number of amides is 2. The first-order valence-corrected chi connectivity index (χ1v) is 5.89. The van der Waals surface area contributed by atoms with E-state index in [-0.39, 0.29) is 23.0 Å². The Labute approximate surface area is 106 Å². The smallest absolute Gasteiger partial charge is 0.331 e. The number of carbonyl (C=O) groups excluding carboxylic acids is 2. The Bertz CT molecular complexity index is 414. The third kappa shape index (κ3) is 2.69. The summed E-state index contributed by atoms with van der Waals surface area (Å²) in [7, 11) is 0.